The van der Waals surface area contributed by atoms with Gasteiger partial charge in [-0.05, 0) is 11.6 Å². The standard InChI is InChI=1S/C14H18N2OS2/c1-9(13(15)18)7-16(2)14(17)11-8-19-12-6-4-3-5-10(11)12/h3-6,9,11H,7-8H2,1-2H3,(H2,15,18). The molecule has 1 heterocycles. The zero-order chi connectivity index (χ0) is 14.0. The number of thioether (sulfide) groups is 1. The first-order valence-corrected chi connectivity index (χ1v) is 7.66. The van der Waals surface area contributed by atoms with Crippen LogP contribution in [0.2, 0.25) is 0 Å². The Morgan fingerprint density at radius 2 is 2.26 bits per heavy atom. The first-order valence-electron chi connectivity index (χ1n) is 6.26. The second-order valence-corrected chi connectivity index (χ2v) is 6.46. The summed E-state index contributed by atoms with van der Waals surface area (Å²) < 4.78 is 0. The predicted molar refractivity (Wildman–Crippen MR) is 83.5 cm³/mol. The average molecular weight is 294 g/mol. The summed E-state index contributed by atoms with van der Waals surface area (Å²) in [7, 11) is 1.82. The van der Waals surface area contributed by atoms with Gasteiger partial charge in [0.1, 0.15) is 0 Å². The summed E-state index contributed by atoms with van der Waals surface area (Å²) in [6.45, 7) is 2.53. The number of hydrogen-bond acceptors (Lipinski definition) is 3. The maximum Gasteiger partial charge on any atom is 0.230 e. The normalized spacial score (nSPS) is 18.7. The van der Waals surface area contributed by atoms with E-state index in [2.05, 4.69) is 6.07 Å². The molecule has 3 nitrogen and oxygen atoms in total. The lowest BCUT2D eigenvalue weighted by atomic mass is 9.99. The molecule has 0 aromatic heterocycles. The summed E-state index contributed by atoms with van der Waals surface area (Å²) in [5.74, 6) is 0.989. The molecule has 0 saturated heterocycles. The van der Waals surface area contributed by atoms with Crippen LogP contribution in [0, 0.1) is 5.92 Å². The van der Waals surface area contributed by atoms with Crippen LogP contribution in [0.5, 0.6) is 0 Å². The number of carbonyl (C=O) groups is 1. The number of amides is 1. The number of rotatable bonds is 4. The highest BCUT2D eigenvalue weighted by Crippen LogP contribution is 2.40. The number of nitrogens with two attached hydrogens (primary N) is 1. The van der Waals surface area contributed by atoms with Crippen molar-refractivity contribution in [3.8, 4) is 0 Å². The molecule has 1 aromatic carbocycles. The van der Waals surface area contributed by atoms with Gasteiger partial charge < -0.3 is 10.6 Å². The molecule has 0 radical (unpaired) electrons. The van der Waals surface area contributed by atoms with Gasteiger partial charge in [0.05, 0.1) is 10.9 Å². The molecule has 0 aliphatic carbocycles. The minimum Gasteiger partial charge on any atom is -0.393 e. The van der Waals surface area contributed by atoms with Crippen molar-refractivity contribution < 1.29 is 4.79 Å². The van der Waals surface area contributed by atoms with Crippen molar-refractivity contribution >= 4 is 34.9 Å². The summed E-state index contributed by atoms with van der Waals surface area (Å²) in [6.07, 6.45) is 0. The van der Waals surface area contributed by atoms with E-state index in [0.717, 1.165) is 11.3 Å². The Hall–Kier alpha value is -1.07. The topological polar surface area (TPSA) is 46.3 Å². The molecule has 0 fully saturated rings. The van der Waals surface area contributed by atoms with Gasteiger partial charge in [0.15, 0.2) is 0 Å². The first kappa shape index (κ1) is 14.3. The van der Waals surface area contributed by atoms with Crippen LogP contribution in [0.25, 0.3) is 0 Å². The second kappa shape index (κ2) is 5.92. The van der Waals surface area contributed by atoms with E-state index in [0.29, 0.717) is 11.5 Å². The van der Waals surface area contributed by atoms with Crippen LogP contribution in [0.4, 0.5) is 0 Å². The molecule has 1 aliphatic rings. The fourth-order valence-electron chi connectivity index (χ4n) is 2.22. The molecule has 5 heteroatoms. The highest BCUT2D eigenvalue weighted by atomic mass is 32.2. The number of carbonyl (C=O) groups excluding carboxylic acids is 1. The number of hydrogen-bond donors (Lipinski definition) is 1. The molecule has 0 spiro atoms. The number of fused-ring (bicyclic) bond motifs is 1. The number of likely N-dealkylation sites (N-methyl/N-ethyl adjacent to an activating group) is 1. The van der Waals surface area contributed by atoms with Crippen LogP contribution in [0.15, 0.2) is 29.2 Å². The molecular weight excluding hydrogens is 276 g/mol. The highest BCUT2D eigenvalue weighted by molar-refractivity contribution is 7.99. The fourth-order valence-corrected chi connectivity index (χ4v) is 3.52. The van der Waals surface area contributed by atoms with Gasteiger partial charge in [-0.2, -0.15) is 0 Å². The van der Waals surface area contributed by atoms with Crippen LogP contribution in [0.3, 0.4) is 0 Å². The quantitative estimate of drug-likeness (QED) is 0.865. The molecule has 2 atom stereocenters. The van der Waals surface area contributed by atoms with Crippen LogP contribution < -0.4 is 5.73 Å². The minimum absolute atomic E-state index is 0.0373. The van der Waals surface area contributed by atoms with E-state index < -0.39 is 0 Å². The van der Waals surface area contributed by atoms with E-state index in [1.807, 2.05) is 32.2 Å². The predicted octanol–water partition coefficient (Wildman–Crippen LogP) is 2.26. The lowest BCUT2D eigenvalue weighted by Gasteiger charge is -2.24. The Morgan fingerprint density at radius 3 is 2.95 bits per heavy atom. The van der Waals surface area contributed by atoms with Gasteiger partial charge in [0, 0.05) is 30.2 Å². The molecular formula is C14H18N2OS2. The second-order valence-electron chi connectivity index (χ2n) is 4.92. The van der Waals surface area contributed by atoms with Gasteiger partial charge in [0.25, 0.3) is 0 Å². The Labute approximate surface area is 123 Å². The zero-order valence-corrected chi connectivity index (χ0v) is 12.8. The van der Waals surface area contributed by atoms with Crippen molar-refractivity contribution in [1.29, 1.82) is 0 Å². The van der Waals surface area contributed by atoms with E-state index in [9.17, 15) is 4.79 Å². The minimum atomic E-state index is -0.0373. The van der Waals surface area contributed by atoms with E-state index in [4.69, 9.17) is 18.0 Å². The molecule has 1 aliphatic heterocycles. The van der Waals surface area contributed by atoms with E-state index in [1.165, 1.54) is 4.90 Å². The summed E-state index contributed by atoms with van der Waals surface area (Å²) in [4.78, 5) is 15.9. The number of nitrogens with zero attached hydrogens (tertiary/aromatic N) is 1. The van der Waals surface area contributed by atoms with Gasteiger partial charge in [0.2, 0.25) is 5.91 Å². The fraction of sp³-hybridized carbons (Fsp3) is 0.429. The number of thiocarbonyl (C=S) groups is 1. The zero-order valence-electron chi connectivity index (χ0n) is 11.1. The molecule has 2 rings (SSSR count). The highest BCUT2D eigenvalue weighted by Gasteiger charge is 2.31. The Morgan fingerprint density at radius 1 is 1.58 bits per heavy atom. The smallest absolute Gasteiger partial charge is 0.230 e. The number of benzene rings is 1. The lowest BCUT2D eigenvalue weighted by molar-refractivity contribution is -0.131. The van der Waals surface area contributed by atoms with E-state index >= 15 is 0 Å². The van der Waals surface area contributed by atoms with Crippen LogP contribution in [0.1, 0.15) is 18.4 Å². The molecule has 2 N–H and O–H groups in total. The van der Waals surface area contributed by atoms with E-state index in [1.54, 1.807) is 16.7 Å². The maximum atomic E-state index is 12.5. The molecule has 1 amide bonds. The summed E-state index contributed by atoms with van der Waals surface area (Å²) in [5, 5.41) is 0. The molecule has 1 aromatic rings. The van der Waals surface area contributed by atoms with Gasteiger partial charge in [-0.3, -0.25) is 4.79 Å². The molecule has 19 heavy (non-hydrogen) atoms. The molecule has 0 saturated carbocycles. The van der Waals surface area contributed by atoms with E-state index in [-0.39, 0.29) is 17.7 Å². The van der Waals surface area contributed by atoms with Gasteiger partial charge in [-0.25, -0.2) is 0 Å². The third-order valence-electron chi connectivity index (χ3n) is 3.41. The monoisotopic (exact) mass is 294 g/mol. The van der Waals surface area contributed by atoms with Gasteiger partial charge in [-0.1, -0.05) is 37.3 Å². The summed E-state index contributed by atoms with van der Waals surface area (Å²) in [6, 6.07) is 8.12. The molecule has 102 valence electrons. The Kier molecular flexibility index (Phi) is 4.47. The maximum absolute atomic E-state index is 12.5. The SMILES string of the molecule is CC(CN(C)C(=O)C1CSc2ccccc21)C(N)=S. The summed E-state index contributed by atoms with van der Waals surface area (Å²) in [5.41, 5.74) is 6.75. The van der Waals surface area contributed by atoms with Gasteiger partial charge in [-0.15, -0.1) is 11.8 Å². The van der Waals surface area contributed by atoms with Crippen LogP contribution in [-0.4, -0.2) is 35.1 Å². The lowest BCUT2D eigenvalue weighted by Crippen LogP contribution is -2.38. The van der Waals surface area contributed by atoms with Crippen molar-refractivity contribution in [3.05, 3.63) is 29.8 Å². The van der Waals surface area contributed by atoms with Gasteiger partial charge >= 0.3 is 0 Å². The largest absolute Gasteiger partial charge is 0.393 e. The third-order valence-corrected chi connectivity index (χ3v) is 4.99. The van der Waals surface area contributed by atoms with Crippen molar-refractivity contribution in [3.63, 3.8) is 0 Å². The van der Waals surface area contributed by atoms with Crippen molar-refractivity contribution in [2.75, 3.05) is 19.3 Å². The molecule has 2 unspecified atom stereocenters. The Balaban J connectivity index is 2.07. The first-order chi connectivity index (χ1) is 9.00. The van der Waals surface area contributed by atoms with Crippen LogP contribution >= 0.6 is 24.0 Å². The summed E-state index contributed by atoms with van der Waals surface area (Å²) >= 11 is 6.71. The van der Waals surface area contributed by atoms with Crippen molar-refractivity contribution in [1.82, 2.24) is 4.90 Å². The third kappa shape index (κ3) is 3.09. The Bertz CT molecular complexity index is 504. The average Bonchev–Trinajstić information content (AvgIpc) is 2.81. The van der Waals surface area contributed by atoms with Crippen LogP contribution in [-0.2, 0) is 4.79 Å². The van der Waals surface area contributed by atoms with Crippen molar-refractivity contribution in [2.45, 2.75) is 17.7 Å². The molecule has 0 bridgehead atoms. The van der Waals surface area contributed by atoms with Crippen molar-refractivity contribution in [2.24, 2.45) is 11.7 Å².